The Balaban J connectivity index is 1.97. The molecule has 0 unspecified atom stereocenters. The lowest BCUT2D eigenvalue weighted by Gasteiger charge is -2.23. The lowest BCUT2D eigenvalue weighted by atomic mass is 9.95. The second-order valence-corrected chi connectivity index (χ2v) is 8.38. The maximum absolute atomic E-state index is 14.8. The molecule has 1 aliphatic heterocycles. The molecule has 0 aliphatic carbocycles. The van der Waals surface area contributed by atoms with Gasteiger partial charge >= 0.3 is 5.91 Å². The van der Waals surface area contributed by atoms with Gasteiger partial charge in [0, 0.05) is 16.0 Å². The van der Waals surface area contributed by atoms with Crippen molar-refractivity contribution in [3.8, 4) is 0 Å². The zero-order valence-electron chi connectivity index (χ0n) is 16.6. The second-order valence-electron chi connectivity index (χ2n) is 7.19. The third-order valence-electron chi connectivity index (χ3n) is 5.19. The quantitative estimate of drug-likeness (QED) is 0.373. The van der Waals surface area contributed by atoms with Gasteiger partial charge < -0.3 is 5.11 Å². The van der Waals surface area contributed by atoms with Crippen LogP contribution >= 0.6 is 11.3 Å². The van der Waals surface area contributed by atoms with Gasteiger partial charge in [-0.1, -0.05) is 48.0 Å². The first-order valence-electron chi connectivity index (χ1n) is 9.36. The molecule has 1 saturated heterocycles. The smallest absolute Gasteiger partial charge is 0.301 e. The Morgan fingerprint density at radius 1 is 1.07 bits per heavy atom. The molecule has 1 aliphatic rings. The fourth-order valence-electron chi connectivity index (χ4n) is 3.45. The number of aliphatic hydroxyl groups is 1. The molecule has 0 saturated carbocycles. The number of anilines is 1. The highest BCUT2D eigenvalue weighted by atomic mass is 32.1. The van der Waals surface area contributed by atoms with Gasteiger partial charge in [-0.2, -0.15) is 0 Å². The van der Waals surface area contributed by atoms with Crippen LogP contribution in [0.25, 0.3) is 5.76 Å². The number of Topliss-reactive ketones (excluding diaryl/α,β-unsaturated/α-hetero) is 1. The number of carbonyl (C=O) groups excluding carboxylic acids is 2. The fraction of sp³-hybridized carbons (Fsp3) is 0.174. The van der Waals surface area contributed by atoms with Crippen molar-refractivity contribution in [3.05, 3.63) is 87.2 Å². The van der Waals surface area contributed by atoms with Gasteiger partial charge in [-0.3, -0.25) is 14.5 Å². The van der Waals surface area contributed by atoms with E-state index in [9.17, 15) is 19.1 Å². The highest BCUT2D eigenvalue weighted by Gasteiger charge is 2.49. The number of aliphatic hydroxyl groups excluding tert-OH is 1. The van der Waals surface area contributed by atoms with E-state index in [1.807, 2.05) is 13.8 Å². The first-order valence-corrected chi connectivity index (χ1v) is 10.2. The molecule has 0 bridgehead atoms. The third kappa shape index (κ3) is 3.21. The van der Waals surface area contributed by atoms with Gasteiger partial charge in [-0.25, -0.2) is 9.37 Å². The van der Waals surface area contributed by atoms with Crippen molar-refractivity contribution < 1.29 is 19.1 Å². The van der Waals surface area contributed by atoms with Crippen LogP contribution in [0.5, 0.6) is 0 Å². The van der Waals surface area contributed by atoms with E-state index in [0.717, 1.165) is 16.1 Å². The van der Waals surface area contributed by atoms with Gasteiger partial charge in [0.05, 0.1) is 11.3 Å². The van der Waals surface area contributed by atoms with Crippen molar-refractivity contribution in [3.63, 3.8) is 0 Å². The van der Waals surface area contributed by atoms with Crippen molar-refractivity contribution in [2.75, 3.05) is 4.90 Å². The summed E-state index contributed by atoms with van der Waals surface area (Å²) < 4.78 is 14.8. The van der Waals surface area contributed by atoms with E-state index in [4.69, 9.17) is 0 Å². The molecule has 4 rings (SSSR count). The van der Waals surface area contributed by atoms with Crippen LogP contribution in [-0.2, 0) is 9.59 Å². The molecule has 0 spiro atoms. The Kier molecular flexibility index (Phi) is 4.99. The molecule has 1 fully saturated rings. The van der Waals surface area contributed by atoms with E-state index in [0.29, 0.717) is 10.7 Å². The first-order chi connectivity index (χ1) is 14.3. The number of aromatic nitrogens is 1. The summed E-state index contributed by atoms with van der Waals surface area (Å²) in [5.41, 5.74) is 2.05. The number of hydrogen-bond acceptors (Lipinski definition) is 5. The number of thiazole rings is 1. The number of halogens is 1. The molecule has 0 radical (unpaired) electrons. The maximum atomic E-state index is 14.8. The van der Waals surface area contributed by atoms with Crippen LogP contribution in [0.4, 0.5) is 9.52 Å². The SMILES string of the molecule is Cc1ccc(/C(O)=C2\C(=O)C(=O)N(c3nc(C)c(C)s3)[C@H]2c2ccccc2F)cc1. The van der Waals surface area contributed by atoms with Crippen molar-refractivity contribution in [2.24, 2.45) is 0 Å². The van der Waals surface area contributed by atoms with E-state index in [-0.39, 0.29) is 16.9 Å². The minimum absolute atomic E-state index is 0.121. The van der Waals surface area contributed by atoms with E-state index in [1.165, 1.54) is 34.4 Å². The molecule has 2 heterocycles. The molecular formula is C23H19FN2O3S. The lowest BCUT2D eigenvalue weighted by molar-refractivity contribution is -0.132. The second kappa shape index (κ2) is 7.50. The van der Waals surface area contributed by atoms with Crippen molar-refractivity contribution in [1.82, 2.24) is 4.98 Å². The normalized spacial score (nSPS) is 18.3. The molecule has 2 aromatic carbocycles. The van der Waals surface area contributed by atoms with Gasteiger partial charge in [-0.05, 0) is 26.8 Å². The molecule has 30 heavy (non-hydrogen) atoms. The summed E-state index contributed by atoms with van der Waals surface area (Å²) >= 11 is 1.25. The summed E-state index contributed by atoms with van der Waals surface area (Å²) in [7, 11) is 0. The predicted octanol–water partition coefficient (Wildman–Crippen LogP) is 4.83. The topological polar surface area (TPSA) is 70.5 Å². The molecule has 1 amide bonds. The number of hydrogen-bond donors (Lipinski definition) is 1. The average Bonchev–Trinajstić information content (AvgIpc) is 3.18. The molecule has 1 aromatic heterocycles. The van der Waals surface area contributed by atoms with Gasteiger partial charge in [0.2, 0.25) is 0 Å². The third-order valence-corrected chi connectivity index (χ3v) is 6.26. The van der Waals surface area contributed by atoms with E-state index in [2.05, 4.69) is 4.98 Å². The van der Waals surface area contributed by atoms with Crippen molar-refractivity contribution >= 4 is 33.9 Å². The van der Waals surface area contributed by atoms with Crippen molar-refractivity contribution in [2.45, 2.75) is 26.8 Å². The van der Waals surface area contributed by atoms with Crippen LogP contribution in [0.1, 0.15) is 33.3 Å². The van der Waals surface area contributed by atoms with Gasteiger partial charge in [0.1, 0.15) is 17.6 Å². The molecule has 7 heteroatoms. The molecule has 5 nitrogen and oxygen atoms in total. The summed E-state index contributed by atoms with van der Waals surface area (Å²) in [6.07, 6.45) is 0. The Bertz CT molecular complexity index is 1180. The molecule has 1 N–H and O–H groups in total. The molecular weight excluding hydrogens is 403 g/mol. The number of benzene rings is 2. The van der Waals surface area contributed by atoms with E-state index < -0.39 is 23.5 Å². The Morgan fingerprint density at radius 2 is 1.73 bits per heavy atom. The number of amides is 1. The van der Waals surface area contributed by atoms with Crippen LogP contribution in [-0.4, -0.2) is 21.8 Å². The number of rotatable bonds is 3. The van der Waals surface area contributed by atoms with Crippen LogP contribution in [0.15, 0.2) is 54.1 Å². The lowest BCUT2D eigenvalue weighted by Crippen LogP contribution is -2.29. The molecule has 1 atom stereocenters. The van der Waals surface area contributed by atoms with Crippen LogP contribution in [0, 0.1) is 26.6 Å². The predicted molar refractivity (Wildman–Crippen MR) is 114 cm³/mol. The fourth-order valence-corrected chi connectivity index (χ4v) is 4.38. The summed E-state index contributed by atoms with van der Waals surface area (Å²) in [6, 6.07) is 11.7. The summed E-state index contributed by atoms with van der Waals surface area (Å²) in [4.78, 5) is 32.5. The van der Waals surface area contributed by atoms with Crippen LogP contribution in [0.3, 0.4) is 0 Å². The average molecular weight is 422 g/mol. The van der Waals surface area contributed by atoms with Crippen LogP contribution in [0.2, 0.25) is 0 Å². The number of ketones is 1. The number of aryl methyl sites for hydroxylation is 3. The number of nitrogens with zero attached hydrogens (tertiary/aromatic N) is 2. The largest absolute Gasteiger partial charge is 0.507 e. The van der Waals surface area contributed by atoms with E-state index >= 15 is 0 Å². The Hall–Kier alpha value is -3.32. The monoisotopic (exact) mass is 422 g/mol. The van der Waals surface area contributed by atoms with Gasteiger partial charge in [0.25, 0.3) is 5.78 Å². The first kappa shape index (κ1) is 20.0. The Labute approximate surface area is 177 Å². The summed E-state index contributed by atoms with van der Waals surface area (Å²) in [5, 5.41) is 11.3. The minimum atomic E-state index is -1.11. The minimum Gasteiger partial charge on any atom is -0.507 e. The van der Waals surface area contributed by atoms with Gasteiger partial charge in [-0.15, -0.1) is 11.3 Å². The zero-order chi connectivity index (χ0) is 21.6. The highest BCUT2D eigenvalue weighted by molar-refractivity contribution is 7.16. The van der Waals surface area contributed by atoms with E-state index in [1.54, 1.807) is 37.3 Å². The maximum Gasteiger partial charge on any atom is 0.301 e. The Morgan fingerprint density at radius 3 is 2.33 bits per heavy atom. The van der Waals surface area contributed by atoms with Crippen LogP contribution < -0.4 is 4.90 Å². The summed E-state index contributed by atoms with van der Waals surface area (Å²) in [5.74, 6) is -2.62. The number of carbonyl (C=O) groups is 2. The van der Waals surface area contributed by atoms with Crippen molar-refractivity contribution in [1.29, 1.82) is 0 Å². The summed E-state index contributed by atoms with van der Waals surface area (Å²) in [6.45, 7) is 5.56. The standard InChI is InChI=1S/C23H19FN2O3S/c1-12-8-10-15(11-9-12)20(27)18-19(16-6-4-5-7-17(16)24)26(22(29)21(18)28)23-25-13(2)14(3)30-23/h4-11,19,27H,1-3H3/b20-18+/t19-/m0/s1. The molecule has 3 aromatic rings. The highest BCUT2D eigenvalue weighted by Crippen LogP contribution is 2.44. The van der Waals surface area contributed by atoms with Gasteiger partial charge in [0.15, 0.2) is 5.13 Å². The zero-order valence-corrected chi connectivity index (χ0v) is 17.5. The molecule has 152 valence electrons.